The molecule has 7 aromatic carbocycles. The Morgan fingerprint density at radius 1 is 0.569 bits per heavy atom. The Balaban J connectivity index is 1.03. The Morgan fingerprint density at radius 2 is 1.16 bits per heavy atom. The fourth-order valence-electron chi connectivity index (χ4n) is 6.30. The van der Waals surface area contributed by atoms with Gasteiger partial charge in [0.2, 0.25) is 5.89 Å². The molecular formula is C43H29AlN3O3S. The van der Waals surface area contributed by atoms with Crippen molar-refractivity contribution in [1.29, 1.82) is 0 Å². The molecule has 9 rings (SSSR count). The Kier molecular flexibility index (Phi) is 8.40. The molecule has 8 aromatic rings. The van der Waals surface area contributed by atoms with Gasteiger partial charge in [0.25, 0.3) is 0 Å². The lowest BCUT2D eigenvalue weighted by Crippen LogP contribution is -2.16. The second kappa shape index (κ2) is 13.8. The summed E-state index contributed by atoms with van der Waals surface area (Å²) >= 11 is 0.852. The van der Waals surface area contributed by atoms with Crippen LogP contribution in [-0.4, -0.2) is 20.9 Å². The van der Waals surface area contributed by atoms with Gasteiger partial charge in [-0.1, -0.05) is 84.6 Å². The summed E-state index contributed by atoms with van der Waals surface area (Å²) < 4.78 is 19.0. The lowest BCUT2D eigenvalue weighted by Gasteiger charge is -2.33. The van der Waals surface area contributed by atoms with E-state index in [1.165, 1.54) is 9.79 Å². The maximum absolute atomic E-state index is 6.53. The summed E-state index contributed by atoms with van der Waals surface area (Å²) in [6, 6.07) is 59.7. The number of anilines is 6. The number of hydrogen-bond acceptors (Lipinski definition) is 7. The van der Waals surface area contributed by atoms with Gasteiger partial charge in [0.05, 0.1) is 28.4 Å². The zero-order valence-electron chi connectivity index (χ0n) is 27.3. The van der Waals surface area contributed by atoms with E-state index in [1.54, 1.807) is 11.8 Å². The molecule has 51 heavy (non-hydrogen) atoms. The smallest absolute Gasteiger partial charge is 0.616 e. The summed E-state index contributed by atoms with van der Waals surface area (Å²) in [6.45, 7) is 0. The lowest BCUT2D eigenvalue weighted by atomic mass is 10.1. The van der Waals surface area contributed by atoms with Gasteiger partial charge in [-0.3, -0.25) is 0 Å². The van der Waals surface area contributed by atoms with Crippen molar-refractivity contribution in [3.05, 3.63) is 176 Å². The van der Waals surface area contributed by atoms with Crippen molar-refractivity contribution in [3.8, 4) is 23.0 Å². The first-order valence-electron chi connectivity index (χ1n) is 16.6. The third-order valence-electron chi connectivity index (χ3n) is 8.66. The van der Waals surface area contributed by atoms with Crippen LogP contribution in [-0.2, 0) is 0 Å². The molecule has 6 nitrogen and oxygen atoms in total. The predicted molar refractivity (Wildman–Crippen MR) is 206 cm³/mol. The molecule has 0 atom stereocenters. The molecule has 1 aliphatic rings. The lowest BCUT2D eigenvalue weighted by molar-refractivity contribution is 0.459. The summed E-state index contributed by atoms with van der Waals surface area (Å²) in [5.74, 6) is 1.86. The molecule has 0 spiro atoms. The molecular weight excluding hydrogens is 666 g/mol. The molecule has 0 bridgehead atoms. The zero-order valence-corrected chi connectivity index (χ0v) is 29.3. The number of nitrogens with zero attached hydrogens (tertiary/aromatic N) is 3. The fourth-order valence-corrected chi connectivity index (χ4v) is 7.97. The van der Waals surface area contributed by atoms with Crippen molar-refractivity contribution >= 4 is 72.9 Å². The fraction of sp³-hybridized carbons (Fsp3) is 0. The monoisotopic (exact) mass is 694 g/mol. The van der Waals surface area contributed by atoms with E-state index in [-0.39, 0.29) is 0 Å². The quantitative estimate of drug-likeness (QED) is 0.139. The summed E-state index contributed by atoms with van der Waals surface area (Å²) in [4.78, 5) is 11.7. The molecule has 243 valence electrons. The van der Waals surface area contributed by atoms with E-state index in [2.05, 4.69) is 131 Å². The van der Waals surface area contributed by atoms with Crippen LogP contribution in [0.15, 0.2) is 190 Å². The second-order valence-electron chi connectivity index (χ2n) is 11.9. The maximum Gasteiger partial charge on any atom is 0.881 e. The van der Waals surface area contributed by atoms with Crippen molar-refractivity contribution in [3.63, 3.8) is 0 Å². The van der Waals surface area contributed by atoms with E-state index in [9.17, 15) is 0 Å². The largest absolute Gasteiger partial charge is 0.881 e. The molecule has 0 saturated carbocycles. The van der Waals surface area contributed by atoms with Gasteiger partial charge in [0, 0.05) is 38.6 Å². The van der Waals surface area contributed by atoms with Crippen LogP contribution in [0, 0.1) is 0 Å². The van der Waals surface area contributed by atoms with E-state index < -0.39 is 15.9 Å². The normalized spacial score (nSPS) is 11.8. The Labute approximate surface area is 306 Å². The van der Waals surface area contributed by atoms with Gasteiger partial charge in [-0.2, -0.15) is 0 Å². The number of aromatic nitrogens is 1. The minimum Gasteiger partial charge on any atom is -0.616 e. The number of para-hydroxylation sites is 6. The molecule has 0 unspecified atom stereocenters. The van der Waals surface area contributed by atoms with Crippen molar-refractivity contribution in [2.45, 2.75) is 9.79 Å². The highest BCUT2D eigenvalue weighted by Gasteiger charge is 2.26. The van der Waals surface area contributed by atoms with Crippen LogP contribution in [0.1, 0.15) is 0 Å². The van der Waals surface area contributed by atoms with E-state index in [1.807, 2.05) is 54.6 Å². The van der Waals surface area contributed by atoms with Gasteiger partial charge >= 0.3 is 15.9 Å². The highest BCUT2D eigenvalue weighted by atomic mass is 32.2. The van der Waals surface area contributed by atoms with Crippen LogP contribution in [0.2, 0.25) is 0 Å². The van der Waals surface area contributed by atoms with Crippen molar-refractivity contribution < 1.29 is 12.0 Å². The number of rotatable bonds is 9. The number of oxazole rings is 1. The molecule has 1 radical (unpaired) electrons. The van der Waals surface area contributed by atoms with Crippen LogP contribution in [0.25, 0.3) is 22.6 Å². The number of benzene rings is 7. The first-order valence-corrected chi connectivity index (χ1v) is 18.4. The highest BCUT2D eigenvalue weighted by molar-refractivity contribution is 7.99. The van der Waals surface area contributed by atoms with E-state index >= 15 is 0 Å². The average molecular weight is 695 g/mol. The highest BCUT2D eigenvalue weighted by Crippen LogP contribution is 2.52. The number of hydrogen-bond donors (Lipinski definition) is 0. The third-order valence-corrected chi connectivity index (χ3v) is 10.5. The summed E-state index contributed by atoms with van der Waals surface area (Å²) in [5.41, 5.74) is 8.67. The Morgan fingerprint density at radius 3 is 1.82 bits per heavy atom. The first kappa shape index (κ1) is 31.1. The van der Waals surface area contributed by atoms with Gasteiger partial charge in [-0.15, -0.1) is 0 Å². The zero-order chi connectivity index (χ0) is 34.0. The van der Waals surface area contributed by atoms with Crippen LogP contribution in [0.5, 0.6) is 11.5 Å². The minimum atomic E-state index is -0.931. The van der Waals surface area contributed by atoms with E-state index in [0.29, 0.717) is 11.6 Å². The molecule has 2 heterocycles. The standard InChI is InChI=1S/C25H16N2O2S.C18H15NO.Al/c28-21-15-16(13-14-17(21)25-26-18-7-1-4-10-22(18)29-25)27-19-8-2-5-11-23(19)30-24-12-6-3-9-20(24)27;20-18-13-11-17(12-14-18)19(15-7-3-1-4-8-15)16-9-5-2-6-10-16;/h1-15,28H;1-14,20H;/q;;+2/p-2. The van der Waals surface area contributed by atoms with Gasteiger partial charge in [0.15, 0.2) is 5.58 Å². The summed E-state index contributed by atoms with van der Waals surface area (Å²) in [6.07, 6.45) is 0. The van der Waals surface area contributed by atoms with Gasteiger partial charge < -0.3 is 21.8 Å². The van der Waals surface area contributed by atoms with Gasteiger partial charge in [-0.05, 0) is 97.1 Å². The van der Waals surface area contributed by atoms with Gasteiger partial charge in [-0.25, -0.2) is 4.98 Å². The summed E-state index contributed by atoms with van der Waals surface area (Å²) in [5, 5.41) is 0. The maximum atomic E-state index is 6.53. The van der Waals surface area contributed by atoms with Crippen LogP contribution < -0.4 is 17.4 Å². The molecule has 0 aliphatic carbocycles. The number of fused-ring (bicyclic) bond motifs is 3. The van der Waals surface area contributed by atoms with Crippen LogP contribution >= 0.6 is 11.8 Å². The average Bonchev–Trinajstić information content (AvgIpc) is 3.63. The molecule has 0 fully saturated rings. The van der Waals surface area contributed by atoms with Crippen molar-refractivity contribution in [2.24, 2.45) is 0 Å². The topological polar surface area (TPSA) is 51.0 Å². The van der Waals surface area contributed by atoms with Crippen molar-refractivity contribution in [1.82, 2.24) is 4.98 Å². The van der Waals surface area contributed by atoms with Crippen LogP contribution in [0.3, 0.4) is 0 Å². The van der Waals surface area contributed by atoms with Crippen LogP contribution in [0.4, 0.5) is 34.1 Å². The molecule has 0 saturated heterocycles. The summed E-state index contributed by atoms with van der Waals surface area (Å²) in [7, 11) is 0. The molecule has 1 aliphatic heterocycles. The first-order chi connectivity index (χ1) is 25.3. The molecule has 0 N–H and O–H groups in total. The minimum absolute atomic E-state index is 0.499. The van der Waals surface area contributed by atoms with Crippen molar-refractivity contribution in [2.75, 3.05) is 9.80 Å². The van der Waals surface area contributed by atoms with E-state index in [4.69, 9.17) is 17.0 Å². The SMILES string of the molecule is c1ccc(N(c2ccccc2)c2ccc([O][Al][O]c3cc(N4c5ccccc5Sc5ccccc54)ccc3-c3nc4ccccc4o3)cc2)cc1. The molecule has 8 heteroatoms. The second-order valence-corrected chi connectivity index (χ2v) is 13.6. The third kappa shape index (κ3) is 6.22. The molecule has 0 amide bonds. The van der Waals surface area contributed by atoms with E-state index in [0.717, 1.165) is 56.5 Å². The Hall–Kier alpha value is -5.91. The van der Waals surface area contributed by atoms with Gasteiger partial charge in [0.1, 0.15) is 5.52 Å². The molecule has 1 aromatic heterocycles. The predicted octanol–water partition coefficient (Wildman–Crippen LogP) is 11.9. The Bertz CT molecular complexity index is 2340.